The Morgan fingerprint density at radius 2 is 1.86 bits per heavy atom. The normalized spacial score (nSPS) is 26.5. The fraction of sp³-hybridized carbons (Fsp3) is 0.941. The van der Waals surface area contributed by atoms with E-state index in [0.29, 0.717) is 12.5 Å². The summed E-state index contributed by atoms with van der Waals surface area (Å²) in [6.07, 6.45) is 9.53. The summed E-state index contributed by atoms with van der Waals surface area (Å²) in [5.74, 6) is 0.912. The van der Waals surface area contributed by atoms with E-state index in [9.17, 15) is 9.90 Å². The van der Waals surface area contributed by atoms with E-state index in [1.54, 1.807) is 0 Å². The molecule has 4 nitrogen and oxygen atoms in total. The van der Waals surface area contributed by atoms with E-state index in [0.717, 1.165) is 32.4 Å². The van der Waals surface area contributed by atoms with Crippen molar-refractivity contribution < 1.29 is 9.90 Å². The van der Waals surface area contributed by atoms with Gasteiger partial charge >= 0.3 is 0 Å². The van der Waals surface area contributed by atoms with E-state index in [4.69, 9.17) is 0 Å². The first-order chi connectivity index (χ1) is 10.1. The molecular weight excluding hydrogens is 264 g/mol. The number of likely N-dealkylation sites (N-methyl/N-ethyl adjacent to an activating group) is 1. The van der Waals surface area contributed by atoms with Crippen molar-refractivity contribution in [3.63, 3.8) is 0 Å². The van der Waals surface area contributed by atoms with Gasteiger partial charge in [-0.1, -0.05) is 25.7 Å². The number of hydrogen-bond acceptors (Lipinski definition) is 3. The molecule has 122 valence electrons. The van der Waals surface area contributed by atoms with Gasteiger partial charge in [-0.3, -0.25) is 9.69 Å². The summed E-state index contributed by atoms with van der Waals surface area (Å²) >= 11 is 0. The molecule has 2 atom stereocenters. The lowest BCUT2D eigenvalue weighted by Crippen LogP contribution is -2.50. The molecule has 0 bridgehead atoms. The number of piperidine rings is 1. The third-order valence-electron chi connectivity index (χ3n) is 5.24. The average Bonchev–Trinajstić information content (AvgIpc) is 2.48. The Labute approximate surface area is 129 Å². The molecular formula is C17H32N2O2. The summed E-state index contributed by atoms with van der Waals surface area (Å²) in [6, 6.07) is 0.158. The number of aliphatic hydroxyl groups is 1. The molecule has 1 aliphatic heterocycles. The van der Waals surface area contributed by atoms with Crippen LogP contribution in [0, 0.1) is 5.92 Å². The van der Waals surface area contributed by atoms with Crippen molar-refractivity contribution in [1.82, 2.24) is 9.80 Å². The summed E-state index contributed by atoms with van der Waals surface area (Å²) in [6.45, 7) is 4.17. The molecule has 0 aromatic heterocycles. The second-order valence-corrected chi connectivity index (χ2v) is 7.05. The van der Waals surface area contributed by atoms with E-state index in [1.807, 2.05) is 18.9 Å². The fourth-order valence-corrected chi connectivity index (χ4v) is 3.91. The first-order valence-electron chi connectivity index (χ1n) is 8.74. The molecule has 1 heterocycles. The average molecular weight is 296 g/mol. The molecule has 1 N–H and O–H groups in total. The molecule has 21 heavy (non-hydrogen) atoms. The van der Waals surface area contributed by atoms with Gasteiger partial charge < -0.3 is 10.0 Å². The summed E-state index contributed by atoms with van der Waals surface area (Å²) < 4.78 is 0. The van der Waals surface area contributed by atoms with E-state index in [2.05, 4.69) is 4.90 Å². The zero-order valence-electron chi connectivity index (χ0n) is 13.8. The Bertz CT molecular complexity index is 327. The fourth-order valence-electron chi connectivity index (χ4n) is 3.91. The molecule has 4 heteroatoms. The van der Waals surface area contributed by atoms with Gasteiger partial charge in [0.25, 0.3) is 0 Å². The highest BCUT2D eigenvalue weighted by atomic mass is 16.3. The molecule has 2 unspecified atom stereocenters. The SMILES string of the molecule is CC(O)C1CCCCN1CC(=O)N(C)CC1CCCCC1. The van der Waals surface area contributed by atoms with Crippen LogP contribution < -0.4 is 0 Å². The van der Waals surface area contributed by atoms with Crippen LogP contribution in [0.4, 0.5) is 0 Å². The van der Waals surface area contributed by atoms with Gasteiger partial charge in [-0.25, -0.2) is 0 Å². The zero-order valence-corrected chi connectivity index (χ0v) is 13.8. The lowest BCUT2D eigenvalue weighted by molar-refractivity contribution is -0.133. The van der Waals surface area contributed by atoms with Gasteiger partial charge in [-0.15, -0.1) is 0 Å². The topological polar surface area (TPSA) is 43.8 Å². The van der Waals surface area contributed by atoms with Crippen LogP contribution in [0.15, 0.2) is 0 Å². The van der Waals surface area contributed by atoms with Gasteiger partial charge in [-0.2, -0.15) is 0 Å². The van der Waals surface area contributed by atoms with Gasteiger partial charge in [0.05, 0.1) is 12.6 Å². The largest absolute Gasteiger partial charge is 0.392 e. The molecule has 1 saturated carbocycles. The molecule has 0 radical (unpaired) electrons. The van der Waals surface area contributed by atoms with E-state index in [1.165, 1.54) is 32.1 Å². The smallest absolute Gasteiger partial charge is 0.236 e. The summed E-state index contributed by atoms with van der Waals surface area (Å²) in [7, 11) is 1.94. The van der Waals surface area contributed by atoms with E-state index >= 15 is 0 Å². The number of aliphatic hydroxyl groups excluding tert-OH is 1. The van der Waals surface area contributed by atoms with Crippen LogP contribution >= 0.6 is 0 Å². The third kappa shape index (κ3) is 4.96. The number of rotatable bonds is 5. The predicted molar refractivity (Wildman–Crippen MR) is 85.1 cm³/mol. The van der Waals surface area contributed by atoms with Crippen molar-refractivity contribution >= 4 is 5.91 Å². The van der Waals surface area contributed by atoms with Crippen LogP contribution in [-0.2, 0) is 4.79 Å². The Morgan fingerprint density at radius 1 is 1.19 bits per heavy atom. The quantitative estimate of drug-likeness (QED) is 0.846. The van der Waals surface area contributed by atoms with Gasteiger partial charge in [0.15, 0.2) is 0 Å². The first kappa shape index (κ1) is 16.8. The number of carbonyl (C=O) groups excluding carboxylic acids is 1. The predicted octanol–water partition coefficient (Wildman–Crippen LogP) is 2.26. The van der Waals surface area contributed by atoms with Crippen LogP contribution in [0.25, 0.3) is 0 Å². The third-order valence-corrected chi connectivity index (χ3v) is 5.24. The molecule has 1 amide bonds. The summed E-state index contributed by atoms with van der Waals surface area (Å²) in [4.78, 5) is 16.6. The highest BCUT2D eigenvalue weighted by Crippen LogP contribution is 2.24. The maximum absolute atomic E-state index is 12.5. The van der Waals surface area contributed by atoms with Crippen LogP contribution in [0.3, 0.4) is 0 Å². The molecule has 0 aromatic rings. The minimum absolute atomic E-state index is 0.158. The number of nitrogens with zero attached hydrogens (tertiary/aromatic N) is 2. The monoisotopic (exact) mass is 296 g/mol. The van der Waals surface area contributed by atoms with Crippen LogP contribution in [0.2, 0.25) is 0 Å². The van der Waals surface area contributed by atoms with Crippen molar-refractivity contribution in [2.45, 2.75) is 70.4 Å². The van der Waals surface area contributed by atoms with Gasteiger partial charge in [0.2, 0.25) is 5.91 Å². The highest BCUT2D eigenvalue weighted by molar-refractivity contribution is 5.78. The van der Waals surface area contributed by atoms with E-state index in [-0.39, 0.29) is 18.1 Å². The molecule has 0 spiro atoms. The number of carbonyl (C=O) groups is 1. The summed E-state index contributed by atoms with van der Waals surface area (Å²) in [5, 5.41) is 9.89. The van der Waals surface area contributed by atoms with Crippen molar-refractivity contribution in [1.29, 1.82) is 0 Å². The molecule has 0 aromatic carbocycles. The lowest BCUT2D eigenvalue weighted by atomic mass is 9.89. The standard InChI is InChI=1S/C17H32N2O2/c1-14(20)16-10-6-7-11-19(16)13-17(21)18(2)12-15-8-4-3-5-9-15/h14-16,20H,3-13H2,1-2H3. The highest BCUT2D eigenvalue weighted by Gasteiger charge is 2.28. The molecule has 1 saturated heterocycles. The van der Waals surface area contributed by atoms with Crippen molar-refractivity contribution in [2.75, 3.05) is 26.7 Å². The number of amides is 1. The molecule has 2 aliphatic rings. The minimum Gasteiger partial charge on any atom is -0.392 e. The molecule has 2 rings (SSSR count). The Morgan fingerprint density at radius 3 is 2.52 bits per heavy atom. The Kier molecular flexibility index (Phi) is 6.49. The lowest BCUT2D eigenvalue weighted by Gasteiger charge is -2.38. The van der Waals surface area contributed by atoms with E-state index < -0.39 is 0 Å². The van der Waals surface area contributed by atoms with Crippen molar-refractivity contribution in [3.05, 3.63) is 0 Å². The van der Waals surface area contributed by atoms with Gasteiger partial charge in [-0.05, 0) is 45.1 Å². The zero-order chi connectivity index (χ0) is 15.2. The van der Waals surface area contributed by atoms with Crippen molar-refractivity contribution in [2.24, 2.45) is 5.92 Å². The first-order valence-corrected chi connectivity index (χ1v) is 8.74. The van der Waals surface area contributed by atoms with Crippen molar-refractivity contribution in [3.8, 4) is 0 Å². The Balaban J connectivity index is 1.81. The minimum atomic E-state index is -0.346. The molecule has 1 aliphatic carbocycles. The molecule has 2 fully saturated rings. The second-order valence-electron chi connectivity index (χ2n) is 7.05. The Hall–Kier alpha value is -0.610. The van der Waals surface area contributed by atoms with Crippen LogP contribution in [0.5, 0.6) is 0 Å². The van der Waals surface area contributed by atoms with Crippen LogP contribution in [0.1, 0.15) is 58.3 Å². The number of likely N-dealkylation sites (tertiary alicyclic amines) is 1. The maximum Gasteiger partial charge on any atom is 0.236 e. The number of hydrogen-bond donors (Lipinski definition) is 1. The van der Waals surface area contributed by atoms with Gasteiger partial charge in [0.1, 0.15) is 0 Å². The maximum atomic E-state index is 12.5. The summed E-state index contributed by atoms with van der Waals surface area (Å²) in [5.41, 5.74) is 0. The van der Waals surface area contributed by atoms with Crippen LogP contribution in [-0.4, -0.2) is 59.6 Å². The second kappa shape index (κ2) is 8.14. The van der Waals surface area contributed by atoms with Gasteiger partial charge in [0, 0.05) is 19.6 Å².